The molecule has 1 atom stereocenters. The number of aromatic nitrogens is 2. The quantitative estimate of drug-likeness (QED) is 0.807. The maximum Gasteiger partial charge on any atom is 0.257 e. The highest BCUT2D eigenvalue weighted by Crippen LogP contribution is 2.29. The van der Waals surface area contributed by atoms with E-state index in [1.807, 2.05) is 24.3 Å². The van der Waals surface area contributed by atoms with Crippen molar-refractivity contribution in [2.45, 2.75) is 57.0 Å². The smallest absolute Gasteiger partial charge is 0.257 e. The minimum absolute atomic E-state index is 0.0223. The van der Waals surface area contributed by atoms with Crippen LogP contribution < -0.4 is 10.6 Å². The molecule has 26 heavy (non-hydrogen) atoms. The molecular formula is C19H22N4O2S. The number of carbonyl (C=O) groups excluding carboxylic acids is 2. The van der Waals surface area contributed by atoms with E-state index in [0.29, 0.717) is 24.7 Å². The summed E-state index contributed by atoms with van der Waals surface area (Å²) in [5.41, 5.74) is 0.764. The molecule has 1 aromatic heterocycles. The topological polar surface area (TPSA) is 76.0 Å². The Morgan fingerprint density at radius 1 is 1.27 bits per heavy atom. The molecule has 1 aliphatic heterocycles. The van der Waals surface area contributed by atoms with Gasteiger partial charge in [-0.15, -0.1) is 0 Å². The number of para-hydroxylation sites is 1. The number of carbonyl (C=O) groups is 2. The fraction of sp³-hybridized carbons (Fsp3) is 0.474. The second-order valence-corrected chi connectivity index (χ2v) is 7.44. The summed E-state index contributed by atoms with van der Waals surface area (Å²) in [6.07, 6.45) is 6.51. The van der Waals surface area contributed by atoms with Crippen molar-refractivity contribution in [1.29, 1.82) is 0 Å². The highest BCUT2D eigenvalue weighted by atomic mass is 32.1. The van der Waals surface area contributed by atoms with Gasteiger partial charge in [0.05, 0.1) is 5.52 Å². The highest BCUT2D eigenvalue weighted by Gasteiger charge is 2.32. The van der Waals surface area contributed by atoms with E-state index in [-0.39, 0.29) is 16.6 Å². The van der Waals surface area contributed by atoms with Gasteiger partial charge in [-0.05, 0) is 43.6 Å². The number of amides is 1. The Bertz CT molecular complexity index is 917. The van der Waals surface area contributed by atoms with Gasteiger partial charge in [-0.2, -0.15) is 0 Å². The van der Waals surface area contributed by atoms with Crippen LogP contribution in [-0.2, 0) is 4.79 Å². The van der Waals surface area contributed by atoms with E-state index in [9.17, 15) is 9.59 Å². The van der Waals surface area contributed by atoms with Gasteiger partial charge in [-0.3, -0.25) is 9.59 Å². The van der Waals surface area contributed by atoms with Crippen LogP contribution in [0.5, 0.6) is 0 Å². The molecule has 136 valence electrons. The van der Waals surface area contributed by atoms with E-state index in [2.05, 4.69) is 15.6 Å². The van der Waals surface area contributed by atoms with Crippen LogP contribution in [0.2, 0.25) is 0 Å². The predicted octanol–water partition coefficient (Wildman–Crippen LogP) is 3.43. The van der Waals surface area contributed by atoms with Crippen LogP contribution >= 0.6 is 12.2 Å². The normalized spacial score (nSPS) is 20.0. The lowest BCUT2D eigenvalue weighted by atomic mass is 9.95. The Morgan fingerprint density at radius 2 is 2.04 bits per heavy atom. The average Bonchev–Trinajstić information content (AvgIpc) is 2.98. The van der Waals surface area contributed by atoms with Gasteiger partial charge in [0.25, 0.3) is 5.91 Å². The molecule has 1 aliphatic carbocycles. The number of hydrogen-bond donors (Lipinski definition) is 2. The highest BCUT2D eigenvalue weighted by molar-refractivity contribution is 7.71. The largest absolute Gasteiger partial charge is 0.359 e. The summed E-state index contributed by atoms with van der Waals surface area (Å²) in [6, 6.07) is 7.45. The zero-order valence-electron chi connectivity index (χ0n) is 14.5. The van der Waals surface area contributed by atoms with Crippen LogP contribution in [0.3, 0.4) is 0 Å². The standard InChI is InChI=1S/C19H22N4O2S/c24-16(20-12-6-2-1-3-7-12)11-10-15-18(25)23-17(21-15)13-8-4-5-9-14(13)22-19(23)26/h4-5,8-9,12,15,21H,1-3,6-7,10-11H2,(H,20,24)/t15-/m1/s1. The minimum atomic E-state index is -0.443. The first-order chi connectivity index (χ1) is 12.6. The Balaban J connectivity index is 1.45. The predicted molar refractivity (Wildman–Crippen MR) is 103 cm³/mol. The molecular weight excluding hydrogens is 348 g/mol. The molecule has 2 aromatic rings. The van der Waals surface area contributed by atoms with Crippen molar-refractivity contribution >= 4 is 40.8 Å². The van der Waals surface area contributed by atoms with E-state index in [0.717, 1.165) is 23.7 Å². The number of hydrogen-bond acceptors (Lipinski definition) is 5. The van der Waals surface area contributed by atoms with Crippen molar-refractivity contribution in [2.24, 2.45) is 0 Å². The summed E-state index contributed by atoms with van der Waals surface area (Å²) in [4.78, 5) is 29.3. The molecule has 1 aromatic carbocycles. The Hall–Kier alpha value is -2.28. The van der Waals surface area contributed by atoms with Gasteiger partial charge in [0, 0.05) is 17.8 Å². The molecule has 0 bridgehead atoms. The van der Waals surface area contributed by atoms with Crippen molar-refractivity contribution in [1.82, 2.24) is 14.9 Å². The van der Waals surface area contributed by atoms with Gasteiger partial charge >= 0.3 is 0 Å². The summed E-state index contributed by atoms with van der Waals surface area (Å²) in [7, 11) is 0. The van der Waals surface area contributed by atoms with Gasteiger partial charge in [0.1, 0.15) is 11.9 Å². The summed E-state index contributed by atoms with van der Waals surface area (Å²) in [5, 5.41) is 7.22. The Labute approximate surface area is 157 Å². The fourth-order valence-electron chi connectivity index (χ4n) is 3.89. The summed E-state index contributed by atoms with van der Waals surface area (Å²) >= 11 is 5.29. The van der Waals surface area contributed by atoms with Crippen LogP contribution in [0.15, 0.2) is 24.3 Å². The Morgan fingerprint density at radius 3 is 2.85 bits per heavy atom. The van der Waals surface area contributed by atoms with Crippen LogP contribution in [0.1, 0.15) is 49.7 Å². The number of anilines is 1. The van der Waals surface area contributed by atoms with Gasteiger partial charge in [-0.1, -0.05) is 31.4 Å². The van der Waals surface area contributed by atoms with E-state index in [4.69, 9.17) is 12.2 Å². The average molecular weight is 370 g/mol. The van der Waals surface area contributed by atoms with Crippen LogP contribution in [-0.4, -0.2) is 33.4 Å². The van der Waals surface area contributed by atoms with E-state index < -0.39 is 6.04 Å². The maximum atomic E-state index is 12.7. The molecule has 0 unspecified atom stereocenters. The maximum absolute atomic E-state index is 12.7. The monoisotopic (exact) mass is 370 g/mol. The molecule has 6 nitrogen and oxygen atoms in total. The van der Waals surface area contributed by atoms with Gasteiger partial charge in [0.2, 0.25) is 10.7 Å². The first-order valence-electron chi connectivity index (χ1n) is 9.25. The molecule has 1 amide bonds. The zero-order valence-corrected chi connectivity index (χ0v) is 15.3. The van der Waals surface area contributed by atoms with Crippen molar-refractivity contribution in [2.75, 3.05) is 5.32 Å². The molecule has 0 spiro atoms. The first-order valence-corrected chi connectivity index (χ1v) is 9.66. The molecule has 2 heterocycles. The number of rotatable bonds is 4. The summed E-state index contributed by atoms with van der Waals surface area (Å²) < 4.78 is 1.71. The number of nitrogens with one attached hydrogen (secondary N) is 2. The third-order valence-corrected chi connectivity index (χ3v) is 5.52. The molecule has 4 rings (SSSR count). The first kappa shape index (κ1) is 17.1. The molecule has 1 fully saturated rings. The lowest BCUT2D eigenvalue weighted by Crippen LogP contribution is -2.37. The van der Waals surface area contributed by atoms with Gasteiger partial charge in [0.15, 0.2) is 0 Å². The summed E-state index contributed by atoms with van der Waals surface area (Å²) in [5.74, 6) is 0.575. The lowest BCUT2D eigenvalue weighted by molar-refractivity contribution is -0.122. The number of nitrogens with zero attached hydrogens (tertiary/aromatic N) is 2. The zero-order chi connectivity index (χ0) is 18.1. The van der Waals surface area contributed by atoms with Crippen molar-refractivity contribution < 1.29 is 9.59 Å². The SMILES string of the molecule is O=C(CC[C@H]1Nc2c3ccccc3nc(=S)n2C1=O)NC1CCCCC1. The van der Waals surface area contributed by atoms with Crippen LogP contribution in [0.4, 0.5) is 5.82 Å². The van der Waals surface area contributed by atoms with E-state index in [1.54, 1.807) is 0 Å². The van der Waals surface area contributed by atoms with Crippen molar-refractivity contribution in [3.8, 4) is 0 Å². The molecule has 0 saturated heterocycles. The number of benzene rings is 1. The van der Waals surface area contributed by atoms with E-state index >= 15 is 0 Å². The molecule has 7 heteroatoms. The van der Waals surface area contributed by atoms with E-state index in [1.165, 1.54) is 23.8 Å². The van der Waals surface area contributed by atoms with Gasteiger partial charge < -0.3 is 10.6 Å². The lowest BCUT2D eigenvalue weighted by Gasteiger charge is -2.22. The summed E-state index contributed by atoms with van der Waals surface area (Å²) in [6.45, 7) is 0. The van der Waals surface area contributed by atoms with Crippen molar-refractivity contribution in [3.63, 3.8) is 0 Å². The Kier molecular flexibility index (Phi) is 4.72. The van der Waals surface area contributed by atoms with Gasteiger partial charge in [-0.25, -0.2) is 9.55 Å². The molecule has 0 radical (unpaired) electrons. The molecule has 2 aliphatic rings. The number of fused-ring (bicyclic) bond motifs is 3. The third-order valence-electron chi connectivity index (χ3n) is 5.25. The minimum Gasteiger partial charge on any atom is -0.359 e. The molecule has 1 saturated carbocycles. The van der Waals surface area contributed by atoms with Crippen LogP contribution in [0.25, 0.3) is 10.9 Å². The second kappa shape index (κ2) is 7.15. The van der Waals surface area contributed by atoms with Crippen LogP contribution in [0, 0.1) is 4.77 Å². The molecule has 2 N–H and O–H groups in total. The second-order valence-electron chi connectivity index (χ2n) is 7.07. The fourth-order valence-corrected chi connectivity index (χ4v) is 4.17. The third kappa shape index (κ3) is 3.23. The van der Waals surface area contributed by atoms with Crippen molar-refractivity contribution in [3.05, 3.63) is 29.0 Å².